The summed E-state index contributed by atoms with van der Waals surface area (Å²) in [5, 5.41) is 2.59. The maximum absolute atomic E-state index is 14.2. The fourth-order valence-electron chi connectivity index (χ4n) is 3.58. The molecule has 2 amide bonds. The zero-order valence-corrected chi connectivity index (χ0v) is 16.4. The second-order valence-electron chi connectivity index (χ2n) is 7.58. The van der Waals surface area contributed by atoms with E-state index in [0.29, 0.717) is 25.3 Å². The molecule has 0 saturated carbocycles. The third kappa shape index (κ3) is 5.12. The van der Waals surface area contributed by atoms with Crippen molar-refractivity contribution in [3.05, 3.63) is 66.0 Å². The first-order chi connectivity index (χ1) is 13.9. The summed E-state index contributed by atoms with van der Waals surface area (Å²) < 4.78 is 20.0. The van der Waals surface area contributed by atoms with Gasteiger partial charge < -0.3 is 15.8 Å². The summed E-state index contributed by atoms with van der Waals surface area (Å²) in [6, 6.07) is 16.0. The molecule has 2 aromatic carbocycles. The lowest BCUT2D eigenvalue weighted by molar-refractivity contribution is -0.145. The molecule has 0 aromatic heterocycles. The van der Waals surface area contributed by atoms with Crippen molar-refractivity contribution < 1.29 is 18.7 Å². The number of nitrogens with zero attached hydrogens (tertiary/aromatic N) is 1. The number of carbonyl (C=O) groups excluding carboxylic acids is 2. The Morgan fingerprint density at radius 1 is 1.17 bits per heavy atom. The molecule has 154 valence electrons. The molecule has 3 rings (SSSR count). The van der Waals surface area contributed by atoms with Gasteiger partial charge in [-0.2, -0.15) is 0 Å². The standard InChI is InChI=1S/C22H26FN3O3/c1-16(13-29-18-8-3-2-4-9-18)26-14-22(15-26,21(28)25-12-20(24)27)11-17-7-5-6-10-19(17)23/h2-10,16H,11-15H2,1H3,(H2,24,27)(H,25,28). The zero-order chi connectivity index (χ0) is 20.9. The topological polar surface area (TPSA) is 84.7 Å². The molecule has 0 bridgehead atoms. The van der Waals surface area contributed by atoms with E-state index in [1.807, 2.05) is 37.3 Å². The summed E-state index contributed by atoms with van der Waals surface area (Å²) in [4.78, 5) is 26.0. The molecule has 1 heterocycles. The maximum Gasteiger partial charge on any atom is 0.236 e. The third-order valence-corrected chi connectivity index (χ3v) is 5.26. The van der Waals surface area contributed by atoms with E-state index in [9.17, 15) is 14.0 Å². The van der Waals surface area contributed by atoms with Crippen LogP contribution in [0.3, 0.4) is 0 Å². The minimum absolute atomic E-state index is 0.0768. The first kappa shape index (κ1) is 20.8. The van der Waals surface area contributed by atoms with E-state index >= 15 is 0 Å². The molecule has 1 saturated heterocycles. The summed E-state index contributed by atoms with van der Waals surface area (Å²) in [5.74, 6) is -0.447. The van der Waals surface area contributed by atoms with Crippen molar-refractivity contribution in [3.63, 3.8) is 0 Å². The maximum atomic E-state index is 14.2. The van der Waals surface area contributed by atoms with Gasteiger partial charge in [0.15, 0.2) is 0 Å². The highest BCUT2D eigenvalue weighted by Gasteiger charge is 2.50. The molecular weight excluding hydrogens is 373 g/mol. The minimum atomic E-state index is -0.807. The van der Waals surface area contributed by atoms with Crippen LogP contribution in [0.15, 0.2) is 54.6 Å². The Morgan fingerprint density at radius 2 is 1.83 bits per heavy atom. The van der Waals surface area contributed by atoms with Crippen molar-refractivity contribution in [2.75, 3.05) is 26.2 Å². The Labute approximate surface area is 169 Å². The zero-order valence-electron chi connectivity index (χ0n) is 16.4. The van der Waals surface area contributed by atoms with Crippen LogP contribution in [-0.4, -0.2) is 49.0 Å². The van der Waals surface area contributed by atoms with Gasteiger partial charge in [-0.1, -0.05) is 36.4 Å². The van der Waals surface area contributed by atoms with Crippen molar-refractivity contribution in [1.29, 1.82) is 0 Å². The average Bonchev–Trinajstić information content (AvgIpc) is 2.69. The smallest absolute Gasteiger partial charge is 0.236 e. The number of rotatable bonds is 9. The second-order valence-corrected chi connectivity index (χ2v) is 7.58. The molecule has 2 aromatic rings. The molecule has 6 nitrogen and oxygen atoms in total. The van der Waals surface area contributed by atoms with Crippen molar-refractivity contribution in [2.24, 2.45) is 11.1 Å². The largest absolute Gasteiger partial charge is 0.492 e. The van der Waals surface area contributed by atoms with Crippen molar-refractivity contribution >= 4 is 11.8 Å². The predicted molar refractivity (Wildman–Crippen MR) is 108 cm³/mol. The number of benzene rings is 2. The summed E-state index contributed by atoms with van der Waals surface area (Å²) in [6.07, 6.45) is 0.257. The number of ether oxygens (including phenoxy) is 1. The van der Waals surface area contributed by atoms with Gasteiger partial charge in [0.05, 0.1) is 12.0 Å². The number of halogens is 1. The molecule has 1 aliphatic rings. The Hall–Kier alpha value is -2.93. The SMILES string of the molecule is CC(COc1ccccc1)N1CC(Cc2ccccc2F)(C(=O)NCC(N)=O)C1. The highest BCUT2D eigenvalue weighted by atomic mass is 19.1. The minimum Gasteiger partial charge on any atom is -0.492 e. The second kappa shape index (κ2) is 9.05. The van der Waals surface area contributed by atoms with E-state index in [2.05, 4.69) is 10.2 Å². The summed E-state index contributed by atoms with van der Waals surface area (Å²) in [5.41, 5.74) is 4.82. The van der Waals surface area contributed by atoms with Gasteiger partial charge in [-0.15, -0.1) is 0 Å². The number of nitrogens with one attached hydrogen (secondary N) is 1. The number of amides is 2. The van der Waals surface area contributed by atoms with Crippen LogP contribution in [0.25, 0.3) is 0 Å². The number of hydrogen-bond acceptors (Lipinski definition) is 4. The first-order valence-corrected chi connectivity index (χ1v) is 9.61. The Bertz CT molecular complexity index is 853. The number of para-hydroxylation sites is 1. The molecule has 3 N–H and O–H groups in total. The van der Waals surface area contributed by atoms with Crippen LogP contribution in [-0.2, 0) is 16.0 Å². The van der Waals surface area contributed by atoms with Gasteiger partial charge in [0, 0.05) is 19.1 Å². The van der Waals surface area contributed by atoms with E-state index in [-0.39, 0.29) is 30.7 Å². The number of likely N-dealkylation sites (tertiary alicyclic amines) is 1. The number of nitrogens with two attached hydrogens (primary N) is 1. The Morgan fingerprint density at radius 3 is 2.48 bits per heavy atom. The van der Waals surface area contributed by atoms with Gasteiger partial charge in [0.2, 0.25) is 11.8 Å². The van der Waals surface area contributed by atoms with Crippen LogP contribution in [0.1, 0.15) is 12.5 Å². The lowest BCUT2D eigenvalue weighted by Gasteiger charge is -2.51. The van der Waals surface area contributed by atoms with E-state index in [0.717, 1.165) is 5.75 Å². The first-order valence-electron chi connectivity index (χ1n) is 9.61. The summed E-state index contributed by atoms with van der Waals surface area (Å²) in [6.45, 7) is 3.17. The lowest BCUT2D eigenvalue weighted by Crippen LogP contribution is -2.67. The van der Waals surface area contributed by atoms with E-state index in [1.54, 1.807) is 18.2 Å². The number of hydrogen-bond donors (Lipinski definition) is 2. The highest BCUT2D eigenvalue weighted by molar-refractivity contribution is 5.88. The van der Waals surface area contributed by atoms with Crippen LogP contribution in [0.5, 0.6) is 5.75 Å². The molecule has 0 radical (unpaired) electrons. The van der Waals surface area contributed by atoms with Gasteiger partial charge >= 0.3 is 0 Å². The van der Waals surface area contributed by atoms with Gasteiger partial charge in [-0.25, -0.2) is 4.39 Å². The van der Waals surface area contributed by atoms with Crippen LogP contribution >= 0.6 is 0 Å². The third-order valence-electron chi connectivity index (χ3n) is 5.26. The predicted octanol–water partition coefficient (Wildman–Crippen LogP) is 1.74. The molecule has 1 aliphatic heterocycles. The fraction of sp³-hybridized carbons (Fsp3) is 0.364. The molecular formula is C22H26FN3O3. The Balaban J connectivity index is 1.65. The molecule has 29 heavy (non-hydrogen) atoms. The van der Waals surface area contributed by atoms with Gasteiger partial charge in [0.25, 0.3) is 0 Å². The van der Waals surface area contributed by atoms with E-state index in [1.165, 1.54) is 6.07 Å². The van der Waals surface area contributed by atoms with Gasteiger partial charge in [-0.05, 0) is 37.1 Å². The highest BCUT2D eigenvalue weighted by Crippen LogP contribution is 2.36. The molecule has 1 atom stereocenters. The normalized spacial score (nSPS) is 16.5. The summed E-state index contributed by atoms with van der Waals surface area (Å²) in [7, 11) is 0. The summed E-state index contributed by atoms with van der Waals surface area (Å²) >= 11 is 0. The quantitative estimate of drug-likeness (QED) is 0.673. The average molecular weight is 399 g/mol. The van der Waals surface area contributed by atoms with Crippen LogP contribution < -0.4 is 15.8 Å². The van der Waals surface area contributed by atoms with Crippen molar-refractivity contribution in [2.45, 2.75) is 19.4 Å². The molecule has 1 unspecified atom stereocenters. The van der Waals surface area contributed by atoms with Crippen LogP contribution in [0.2, 0.25) is 0 Å². The van der Waals surface area contributed by atoms with Crippen LogP contribution in [0, 0.1) is 11.2 Å². The van der Waals surface area contributed by atoms with E-state index < -0.39 is 11.3 Å². The fourth-order valence-corrected chi connectivity index (χ4v) is 3.58. The molecule has 0 aliphatic carbocycles. The number of carbonyl (C=O) groups is 2. The Kier molecular flexibility index (Phi) is 6.49. The van der Waals surface area contributed by atoms with Crippen LogP contribution in [0.4, 0.5) is 4.39 Å². The van der Waals surface area contributed by atoms with Crippen molar-refractivity contribution in [1.82, 2.24) is 10.2 Å². The molecule has 0 spiro atoms. The van der Waals surface area contributed by atoms with Crippen molar-refractivity contribution in [3.8, 4) is 5.75 Å². The van der Waals surface area contributed by atoms with Gasteiger partial charge in [0.1, 0.15) is 18.2 Å². The monoisotopic (exact) mass is 399 g/mol. The van der Waals surface area contributed by atoms with E-state index in [4.69, 9.17) is 10.5 Å². The molecule has 1 fully saturated rings. The lowest BCUT2D eigenvalue weighted by atomic mass is 9.73. The van der Waals surface area contributed by atoms with Gasteiger partial charge in [-0.3, -0.25) is 14.5 Å². The molecule has 7 heteroatoms. The number of primary amides is 1.